The van der Waals surface area contributed by atoms with E-state index in [9.17, 15) is 4.79 Å². The minimum Gasteiger partial charge on any atom is -0.497 e. The van der Waals surface area contributed by atoms with Crippen LogP contribution in [0.3, 0.4) is 0 Å². The zero-order valence-corrected chi connectivity index (χ0v) is 17.0. The van der Waals surface area contributed by atoms with E-state index in [0.717, 1.165) is 29.8 Å². The third kappa shape index (κ3) is 5.78. The van der Waals surface area contributed by atoms with Gasteiger partial charge >= 0.3 is 0 Å². The molecule has 0 spiro atoms. The summed E-state index contributed by atoms with van der Waals surface area (Å²) in [7, 11) is 1.64. The molecule has 0 bridgehead atoms. The number of nitrogens with zero attached hydrogens (tertiary/aromatic N) is 2. The number of hydrogen-bond donors (Lipinski definition) is 2. The highest BCUT2D eigenvalue weighted by molar-refractivity contribution is 5.93. The first-order chi connectivity index (χ1) is 14.1. The van der Waals surface area contributed by atoms with E-state index < -0.39 is 0 Å². The van der Waals surface area contributed by atoms with Gasteiger partial charge in [-0.3, -0.25) is 4.79 Å². The molecular weight excluding hydrogens is 364 g/mol. The lowest BCUT2D eigenvalue weighted by Crippen LogP contribution is -2.27. The van der Waals surface area contributed by atoms with Crippen LogP contribution in [0.2, 0.25) is 0 Å². The van der Waals surface area contributed by atoms with Crippen molar-refractivity contribution >= 4 is 17.4 Å². The standard InChI is InChI=1S/C23H26N4O2/c1-4-17-5-9-19(10-6-17)27-22-15-21(25-16(2)26-22)23(28)24-14-13-18-7-11-20(29-3)12-8-18/h5-12,15H,4,13-14H2,1-3H3,(H,24,28)(H,25,26,27). The molecule has 0 saturated heterocycles. The Kier molecular flexibility index (Phi) is 6.79. The Bertz CT molecular complexity index is 954. The van der Waals surface area contributed by atoms with Crippen LogP contribution in [0.4, 0.5) is 11.5 Å². The SMILES string of the molecule is CCc1ccc(Nc2cc(C(=O)NCCc3ccc(OC)cc3)nc(C)n2)cc1. The predicted molar refractivity (Wildman–Crippen MR) is 115 cm³/mol. The lowest BCUT2D eigenvalue weighted by molar-refractivity contribution is 0.0949. The molecule has 3 aromatic rings. The highest BCUT2D eigenvalue weighted by Crippen LogP contribution is 2.17. The third-order valence-electron chi connectivity index (χ3n) is 4.56. The molecule has 0 atom stereocenters. The Morgan fingerprint density at radius 3 is 2.34 bits per heavy atom. The molecule has 1 amide bonds. The van der Waals surface area contributed by atoms with Crippen molar-refractivity contribution in [2.24, 2.45) is 0 Å². The molecule has 0 aliphatic carbocycles. The number of nitrogens with one attached hydrogen (secondary N) is 2. The molecule has 150 valence electrons. The van der Waals surface area contributed by atoms with E-state index in [-0.39, 0.29) is 5.91 Å². The first kappa shape index (κ1) is 20.3. The van der Waals surface area contributed by atoms with Crippen molar-refractivity contribution in [2.75, 3.05) is 19.0 Å². The minimum atomic E-state index is -0.214. The fraction of sp³-hybridized carbons (Fsp3) is 0.261. The van der Waals surface area contributed by atoms with E-state index in [1.54, 1.807) is 20.1 Å². The van der Waals surface area contributed by atoms with E-state index in [2.05, 4.69) is 39.7 Å². The quantitative estimate of drug-likeness (QED) is 0.606. The molecule has 0 unspecified atom stereocenters. The van der Waals surface area contributed by atoms with Crippen molar-refractivity contribution in [3.05, 3.63) is 77.2 Å². The van der Waals surface area contributed by atoms with Gasteiger partial charge in [-0.2, -0.15) is 0 Å². The average molecular weight is 390 g/mol. The topological polar surface area (TPSA) is 76.1 Å². The van der Waals surface area contributed by atoms with Crippen LogP contribution in [0.25, 0.3) is 0 Å². The van der Waals surface area contributed by atoms with Gasteiger partial charge in [0.2, 0.25) is 0 Å². The number of methoxy groups -OCH3 is 1. The second-order valence-electron chi connectivity index (χ2n) is 6.72. The fourth-order valence-electron chi connectivity index (χ4n) is 2.92. The monoisotopic (exact) mass is 390 g/mol. The summed E-state index contributed by atoms with van der Waals surface area (Å²) in [4.78, 5) is 21.2. The van der Waals surface area contributed by atoms with Crippen LogP contribution in [0.5, 0.6) is 5.75 Å². The highest BCUT2D eigenvalue weighted by Gasteiger charge is 2.10. The summed E-state index contributed by atoms with van der Waals surface area (Å²) < 4.78 is 5.16. The second-order valence-corrected chi connectivity index (χ2v) is 6.72. The molecule has 0 radical (unpaired) electrons. The molecule has 1 heterocycles. The van der Waals surface area contributed by atoms with E-state index in [0.29, 0.717) is 23.9 Å². The van der Waals surface area contributed by atoms with Gasteiger partial charge in [-0.1, -0.05) is 31.2 Å². The maximum Gasteiger partial charge on any atom is 0.270 e. The second kappa shape index (κ2) is 9.68. The van der Waals surface area contributed by atoms with Crippen molar-refractivity contribution in [3.63, 3.8) is 0 Å². The van der Waals surface area contributed by atoms with Gasteiger partial charge in [-0.15, -0.1) is 0 Å². The molecular formula is C23H26N4O2. The third-order valence-corrected chi connectivity index (χ3v) is 4.56. The first-order valence-corrected chi connectivity index (χ1v) is 9.70. The van der Waals surface area contributed by atoms with Crippen molar-refractivity contribution < 1.29 is 9.53 Å². The van der Waals surface area contributed by atoms with Gasteiger partial charge in [-0.05, 0) is 55.2 Å². The Morgan fingerprint density at radius 2 is 1.69 bits per heavy atom. The Labute approximate surface area is 171 Å². The largest absolute Gasteiger partial charge is 0.497 e. The number of carbonyl (C=O) groups is 1. The molecule has 29 heavy (non-hydrogen) atoms. The van der Waals surface area contributed by atoms with Gasteiger partial charge in [-0.25, -0.2) is 9.97 Å². The summed E-state index contributed by atoms with van der Waals surface area (Å²) in [6, 6.07) is 17.6. The summed E-state index contributed by atoms with van der Waals surface area (Å²) in [6.45, 7) is 4.42. The molecule has 0 aliphatic rings. The molecule has 1 aromatic heterocycles. The number of ether oxygens (including phenoxy) is 1. The maximum atomic E-state index is 12.5. The summed E-state index contributed by atoms with van der Waals surface area (Å²) in [6.07, 6.45) is 1.72. The molecule has 3 rings (SSSR count). The van der Waals surface area contributed by atoms with Gasteiger partial charge in [0.15, 0.2) is 0 Å². The van der Waals surface area contributed by atoms with Crippen LogP contribution < -0.4 is 15.4 Å². The molecule has 2 N–H and O–H groups in total. The summed E-state index contributed by atoms with van der Waals surface area (Å²) in [5.74, 6) is 1.74. The smallest absolute Gasteiger partial charge is 0.270 e. The maximum absolute atomic E-state index is 12.5. The number of benzene rings is 2. The molecule has 2 aromatic carbocycles. The molecule has 0 saturated carbocycles. The molecule has 6 heteroatoms. The van der Waals surface area contributed by atoms with Gasteiger partial charge in [0.05, 0.1) is 7.11 Å². The summed E-state index contributed by atoms with van der Waals surface area (Å²) >= 11 is 0. The lowest BCUT2D eigenvalue weighted by Gasteiger charge is -2.10. The van der Waals surface area contributed by atoms with E-state index in [1.165, 1.54) is 5.56 Å². The van der Waals surface area contributed by atoms with E-state index in [1.807, 2.05) is 36.4 Å². The van der Waals surface area contributed by atoms with Crippen LogP contribution in [-0.4, -0.2) is 29.5 Å². The number of aryl methyl sites for hydroxylation is 2. The van der Waals surface area contributed by atoms with Crippen molar-refractivity contribution in [2.45, 2.75) is 26.7 Å². The number of amides is 1. The zero-order valence-electron chi connectivity index (χ0n) is 17.0. The van der Waals surface area contributed by atoms with E-state index >= 15 is 0 Å². The number of aromatic nitrogens is 2. The van der Waals surface area contributed by atoms with Crippen molar-refractivity contribution in [1.29, 1.82) is 0 Å². The van der Waals surface area contributed by atoms with Crippen LogP contribution in [0.15, 0.2) is 54.6 Å². The van der Waals surface area contributed by atoms with Crippen molar-refractivity contribution in [3.8, 4) is 5.75 Å². The average Bonchev–Trinajstić information content (AvgIpc) is 2.74. The Balaban J connectivity index is 1.60. The number of carbonyl (C=O) groups excluding carboxylic acids is 1. The van der Waals surface area contributed by atoms with Crippen LogP contribution in [0, 0.1) is 6.92 Å². The summed E-state index contributed by atoms with van der Waals surface area (Å²) in [5, 5.41) is 6.16. The minimum absolute atomic E-state index is 0.214. The van der Waals surface area contributed by atoms with Gasteiger partial charge in [0, 0.05) is 18.3 Å². The zero-order chi connectivity index (χ0) is 20.6. The molecule has 0 fully saturated rings. The predicted octanol–water partition coefficient (Wildman–Crippen LogP) is 4.07. The first-order valence-electron chi connectivity index (χ1n) is 9.70. The highest BCUT2D eigenvalue weighted by atomic mass is 16.5. The van der Waals surface area contributed by atoms with Crippen molar-refractivity contribution in [1.82, 2.24) is 15.3 Å². The normalized spacial score (nSPS) is 10.4. The van der Waals surface area contributed by atoms with Crippen LogP contribution in [-0.2, 0) is 12.8 Å². The fourth-order valence-corrected chi connectivity index (χ4v) is 2.92. The van der Waals surface area contributed by atoms with Gasteiger partial charge in [0.1, 0.15) is 23.1 Å². The number of hydrogen-bond acceptors (Lipinski definition) is 5. The number of rotatable bonds is 8. The van der Waals surface area contributed by atoms with Crippen LogP contribution >= 0.6 is 0 Å². The summed E-state index contributed by atoms with van der Waals surface area (Å²) in [5.41, 5.74) is 3.67. The molecule has 6 nitrogen and oxygen atoms in total. The Hall–Kier alpha value is -3.41. The van der Waals surface area contributed by atoms with Gasteiger partial charge < -0.3 is 15.4 Å². The Morgan fingerprint density at radius 1 is 1.00 bits per heavy atom. The lowest BCUT2D eigenvalue weighted by atomic mass is 10.1. The van der Waals surface area contributed by atoms with E-state index in [4.69, 9.17) is 4.74 Å². The molecule has 0 aliphatic heterocycles. The number of anilines is 2. The van der Waals surface area contributed by atoms with Crippen LogP contribution in [0.1, 0.15) is 34.4 Å². The van der Waals surface area contributed by atoms with Gasteiger partial charge in [0.25, 0.3) is 5.91 Å².